The maximum atomic E-state index is 11.0. The Morgan fingerprint density at radius 3 is 2.70 bits per heavy atom. The Balaban J connectivity index is 2.31. The molecule has 1 aliphatic rings. The molecule has 1 saturated heterocycles. The highest BCUT2D eigenvalue weighted by Gasteiger charge is 2.26. The lowest BCUT2D eigenvalue weighted by atomic mass is 10.1. The van der Waals surface area contributed by atoms with Gasteiger partial charge in [0.2, 0.25) is 11.2 Å². The van der Waals surface area contributed by atoms with E-state index in [9.17, 15) is 15.2 Å². The molecule has 0 radical (unpaired) electrons. The summed E-state index contributed by atoms with van der Waals surface area (Å²) < 4.78 is 10.7. The second-order valence-corrected chi connectivity index (χ2v) is 4.42. The topological polar surface area (TPSA) is 108 Å². The number of hydrogen-bond acceptors (Lipinski definition) is 7. The summed E-state index contributed by atoms with van der Waals surface area (Å²) in [6.07, 6.45) is -0.775. The van der Waals surface area contributed by atoms with E-state index in [1.54, 1.807) is 0 Å². The first-order valence-corrected chi connectivity index (χ1v) is 6.02. The molecule has 0 aliphatic carbocycles. The van der Waals surface area contributed by atoms with Crippen molar-refractivity contribution in [3.8, 4) is 5.88 Å². The van der Waals surface area contributed by atoms with Gasteiger partial charge in [0.25, 0.3) is 5.69 Å². The van der Waals surface area contributed by atoms with E-state index in [2.05, 4.69) is 9.97 Å². The summed E-state index contributed by atoms with van der Waals surface area (Å²) in [6, 6.07) is 2.47. The van der Waals surface area contributed by atoms with Crippen molar-refractivity contribution in [2.75, 3.05) is 13.2 Å². The number of nitro benzene ring substituents is 1. The van der Waals surface area contributed by atoms with Crippen molar-refractivity contribution in [2.45, 2.75) is 6.29 Å². The van der Waals surface area contributed by atoms with E-state index < -0.39 is 17.1 Å². The molecule has 1 fully saturated rings. The molecule has 0 bridgehead atoms. The molecule has 2 aromatic rings. The molecule has 0 atom stereocenters. The third kappa shape index (κ3) is 2.13. The van der Waals surface area contributed by atoms with Gasteiger partial charge in [-0.1, -0.05) is 0 Å². The number of nitrogens with zero attached hydrogens (tertiary/aromatic N) is 3. The van der Waals surface area contributed by atoms with E-state index in [1.165, 1.54) is 12.1 Å². The average molecular weight is 298 g/mol. The molecule has 0 spiro atoms. The molecule has 8 nitrogen and oxygen atoms in total. The van der Waals surface area contributed by atoms with Crippen LogP contribution < -0.4 is 0 Å². The van der Waals surface area contributed by atoms with E-state index in [0.717, 1.165) is 0 Å². The van der Waals surface area contributed by atoms with E-state index in [-0.39, 0.29) is 21.9 Å². The highest BCUT2D eigenvalue weighted by molar-refractivity contribution is 6.28. The van der Waals surface area contributed by atoms with Crippen LogP contribution in [0.1, 0.15) is 11.9 Å². The van der Waals surface area contributed by atoms with Gasteiger partial charge in [0.15, 0.2) is 6.29 Å². The van der Waals surface area contributed by atoms with Crippen molar-refractivity contribution in [3.63, 3.8) is 0 Å². The zero-order valence-electron chi connectivity index (χ0n) is 9.95. The van der Waals surface area contributed by atoms with Crippen LogP contribution in [0.4, 0.5) is 5.69 Å². The van der Waals surface area contributed by atoms with Gasteiger partial charge in [0, 0.05) is 17.7 Å². The quantitative estimate of drug-likeness (QED) is 0.512. The highest BCUT2D eigenvalue weighted by Crippen LogP contribution is 2.35. The van der Waals surface area contributed by atoms with Crippen molar-refractivity contribution in [1.82, 2.24) is 9.97 Å². The largest absolute Gasteiger partial charge is 0.493 e. The zero-order valence-corrected chi connectivity index (χ0v) is 10.7. The summed E-state index contributed by atoms with van der Waals surface area (Å²) >= 11 is 5.71. The summed E-state index contributed by atoms with van der Waals surface area (Å²) in [6.45, 7) is 0.749. The lowest BCUT2D eigenvalue weighted by molar-refractivity contribution is -0.384. The lowest BCUT2D eigenvalue weighted by Gasteiger charge is -2.12. The third-order valence-electron chi connectivity index (χ3n) is 2.85. The normalized spacial score (nSPS) is 15.8. The molecular weight excluding hydrogens is 290 g/mol. The molecule has 1 aromatic carbocycles. The highest BCUT2D eigenvalue weighted by atomic mass is 35.5. The Bertz CT molecular complexity index is 702. The van der Waals surface area contributed by atoms with Gasteiger partial charge in [-0.15, -0.1) is 0 Å². The van der Waals surface area contributed by atoms with Crippen molar-refractivity contribution in [3.05, 3.63) is 33.1 Å². The number of hydrogen-bond donors (Lipinski definition) is 1. The fraction of sp³-hybridized carbons (Fsp3) is 0.273. The van der Waals surface area contributed by atoms with Crippen LogP contribution in [0.3, 0.4) is 0 Å². The standard InChI is InChI=1S/C11H8ClN3O5/c12-11-13-8-6(9(16)14-11)3-5(15(17)18)4-7(8)10-19-1-2-20-10/h3-4,10H,1-2H2,(H,13,14,16). The van der Waals surface area contributed by atoms with Gasteiger partial charge < -0.3 is 14.6 Å². The summed E-state index contributed by atoms with van der Waals surface area (Å²) in [7, 11) is 0. The molecule has 3 rings (SSSR count). The van der Waals surface area contributed by atoms with Crippen molar-refractivity contribution < 1.29 is 19.5 Å². The van der Waals surface area contributed by atoms with Crippen molar-refractivity contribution >= 4 is 28.2 Å². The lowest BCUT2D eigenvalue weighted by Crippen LogP contribution is -2.03. The molecule has 104 valence electrons. The molecule has 20 heavy (non-hydrogen) atoms. The average Bonchev–Trinajstić information content (AvgIpc) is 2.91. The molecule has 1 aliphatic heterocycles. The van der Waals surface area contributed by atoms with Gasteiger partial charge in [-0.3, -0.25) is 10.1 Å². The number of ether oxygens (including phenoxy) is 2. The second kappa shape index (κ2) is 4.82. The van der Waals surface area contributed by atoms with Crippen LogP contribution in [-0.4, -0.2) is 33.2 Å². The van der Waals surface area contributed by atoms with Gasteiger partial charge in [-0.2, -0.15) is 4.98 Å². The summed E-state index contributed by atoms with van der Waals surface area (Å²) in [4.78, 5) is 18.0. The molecule has 0 amide bonds. The molecule has 0 unspecified atom stereocenters. The minimum absolute atomic E-state index is 0.123. The number of halogens is 1. The molecule has 2 heterocycles. The number of nitro groups is 1. The number of non-ortho nitro benzene ring substituents is 1. The van der Waals surface area contributed by atoms with Gasteiger partial charge in [0.1, 0.15) is 0 Å². The molecule has 9 heteroatoms. The first-order chi connectivity index (χ1) is 9.56. The van der Waals surface area contributed by atoms with E-state index in [1.807, 2.05) is 0 Å². The maximum Gasteiger partial charge on any atom is 0.270 e. The van der Waals surface area contributed by atoms with Gasteiger partial charge in [-0.25, -0.2) is 4.98 Å². The van der Waals surface area contributed by atoms with Crippen LogP contribution in [0.25, 0.3) is 10.9 Å². The Kier molecular flexibility index (Phi) is 3.13. The Morgan fingerprint density at radius 1 is 1.35 bits per heavy atom. The summed E-state index contributed by atoms with van der Waals surface area (Å²) in [5.41, 5.74) is 0.388. The summed E-state index contributed by atoms with van der Waals surface area (Å²) in [5.74, 6) is -0.428. The van der Waals surface area contributed by atoms with Crippen LogP contribution in [-0.2, 0) is 9.47 Å². The van der Waals surface area contributed by atoms with Crippen LogP contribution >= 0.6 is 11.6 Å². The maximum absolute atomic E-state index is 11.0. The van der Waals surface area contributed by atoms with Crippen LogP contribution in [0.2, 0.25) is 5.28 Å². The van der Waals surface area contributed by atoms with Crippen LogP contribution in [0, 0.1) is 10.1 Å². The Morgan fingerprint density at radius 2 is 2.05 bits per heavy atom. The molecular formula is C11H8ClN3O5. The minimum atomic E-state index is -0.775. The molecule has 0 saturated carbocycles. The first kappa shape index (κ1) is 13.0. The van der Waals surface area contributed by atoms with Crippen LogP contribution in [0.15, 0.2) is 12.1 Å². The number of rotatable bonds is 2. The predicted octanol–water partition coefficient (Wildman–Crippen LogP) is 1.94. The fourth-order valence-corrected chi connectivity index (χ4v) is 2.19. The van der Waals surface area contributed by atoms with Crippen molar-refractivity contribution in [1.29, 1.82) is 0 Å². The minimum Gasteiger partial charge on any atom is -0.493 e. The van der Waals surface area contributed by atoms with Gasteiger partial charge in [0.05, 0.1) is 29.0 Å². The SMILES string of the molecule is O=[N+]([O-])c1cc(C2OCCO2)c2nc(Cl)nc(O)c2c1. The smallest absolute Gasteiger partial charge is 0.270 e. The number of aromatic nitrogens is 2. The number of fused-ring (bicyclic) bond motifs is 1. The van der Waals surface area contributed by atoms with Gasteiger partial charge in [-0.05, 0) is 11.6 Å². The monoisotopic (exact) mass is 297 g/mol. The van der Waals surface area contributed by atoms with Crippen LogP contribution in [0.5, 0.6) is 5.88 Å². The second-order valence-electron chi connectivity index (χ2n) is 4.08. The molecule has 1 aromatic heterocycles. The van der Waals surface area contributed by atoms with Crippen molar-refractivity contribution in [2.24, 2.45) is 0 Å². The van der Waals surface area contributed by atoms with E-state index in [4.69, 9.17) is 21.1 Å². The third-order valence-corrected chi connectivity index (χ3v) is 3.02. The number of benzene rings is 1. The van der Waals surface area contributed by atoms with E-state index >= 15 is 0 Å². The first-order valence-electron chi connectivity index (χ1n) is 5.64. The Hall–Kier alpha value is -2.03. The predicted molar refractivity (Wildman–Crippen MR) is 67.5 cm³/mol. The van der Waals surface area contributed by atoms with E-state index in [0.29, 0.717) is 18.8 Å². The van der Waals surface area contributed by atoms with Gasteiger partial charge >= 0.3 is 0 Å². The zero-order chi connectivity index (χ0) is 14.3. The summed E-state index contributed by atoms with van der Waals surface area (Å²) in [5, 5.41) is 20.7. The number of aromatic hydroxyl groups is 1. The molecule has 1 N–H and O–H groups in total. The fourth-order valence-electron chi connectivity index (χ4n) is 2.02. The Labute approximate surface area is 117 Å².